The molecule has 0 bridgehead atoms. The Kier molecular flexibility index (Phi) is 5.16. The van der Waals surface area contributed by atoms with Crippen molar-refractivity contribution < 1.29 is 4.57 Å². The third-order valence-corrected chi connectivity index (χ3v) is 3.44. The average Bonchev–Trinajstić information content (AvgIpc) is 2.86. The van der Waals surface area contributed by atoms with E-state index in [1.165, 1.54) is 11.1 Å². The van der Waals surface area contributed by atoms with Gasteiger partial charge in [-0.15, -0.1) is 0 Å². The van der Waals surface area contributed by atoms with Crippen LogP contribution in [-0.2, 0) is 19.5 Å². The van der Waals surface area contributed by atoms with Gasteiger partial charge in [-0.1, -0.05) is 51.1 Å². The van der Waals surface area contributed by atoms with Gasteiger partial charge < -0.3 is 0 Å². The summed E-state index contributed by atoms with van der Waals surface area (Å²) in [5.74, 6) is 0.620. The first-order chi connectivity index (χ1) is 9.69. The van der Waals surface area contributed by atoms with E-state index in [2.05, 4.69) is 85.0 Å². The standard InChI is InChI=1S/C18H25N2/c1-4-17-9-5-6-10-18(17)14-20-13-12-19(15-20)11-7-8-16(2)3/h5-10,12-13,15-16H,4,11,14H2,1-3H3/q+1/b8-7+. The van der Waals surface area contributed by atoms with Crippen LogP contribution < -0.4 is 4.57 Å². The maximum atomic E-state index is 2.25. The van der Waals surface area contributed by atoms with Crippen LogP contribution in [0.1, 0.15) is 31.9 Å². The molecule has 1 aromatic carbocycles. The Morgan fingerprint density at radius 1 is 1.20 bits per heavy atom. The SMILES string of the molecule is CCc1ccccc1C[n+]1ccn(C/C=C/C(C)C)c1. The highest BCUT2D eigenvalue weighted by Gasteiger charge is 2.06. The molecule has 0 amide bonds. The van der Waals surface area contributed by atoms with E-state index in [9.17, 15) is 0 Å². The maximum Gasteiger partial charge on any atom is 0.244 e. The molecular weight excluding hydrogens is 244 g/mol. The first-order valence-electron chi connectivity index (χ1n) is 7.47. The number of aromatic nitrogens is 2. The van der Waals surface area contributed by atoms with Gasteiger partial charge in [0.25, 0.3) is 0 Å². The molecule has 0 spiro atoms. The van der Waals surface area contributed by atoms with Crippen molar-refractivity contribution >= 4 is 0 Å². The van der Waals surface area contributed by atoms with Crippen molar-refractivity contribution in [2.24, 2.45) is 5.92 Å². The molecule has 0 atom stereocenters. The van der Waals surface area contributed by atoms with E-state index in [0.29, 0.717) is 5.92 Å². The summed E-state index contributed by atoms with van der Waals surface area (Å²) in [6.07, 6.45) is 12.0. The van der Waals surface area contributed by atoms with Gasteiger partial charge >= 0.3 is 0 Å². The first kappa shape index (κ1) is 14.6. The quantitative estimate of drug-likeness (QED) is 0.560. The minimum absolute atomic E-state index is 0.620. The van der Waals surface area contributed by atoms with Crippen molar-refractivity contribution in [3.8, 4) is 0 Å². The molecule has 0 saturated carbocycles. The zero-order valence-electron chi connectivity index (χ0n) is 12.8. The van der Waals surface area contributed by atoms with Crippen LogP contribution >= 0.6 is 0 Å². The van der Waals surface area contributed by atoms with Gasteiger partial charge in [-0.25, -0.2) is 9.13 Å². The van der Waals surface area contributed by atoms with Crippen LogP contribution in [0.25, 0.3) is 0 Å². The summed E-state index contributed by atoms with van der Waals surface area (Å²) < 4.78 is 4.46. The van der Waals surface area contributed by atoms with Gasteiger partial charge in [0.1, 0.15) is 25.5 Å². The van der Waals surface area contributed by atoms with Crippen LogP contribution in [0.4, 0.5) is 0 Å². The highest BCUT2D eigenvalue weighted by molar-refractivity contribution is 5.26. The molecule has 0 unspecified atom stereocenters. The fourth-order valence-corrected chi connectivity index (χ4v) is 2.35. The lowest BCUT2D eigenvalue weighted by Gasteiger charge is -2.04. The summed E-state index contributed by atoms with van der Waals surface area (Å²) in [6.45, 7) is 8.51. The van der Waals surface area contributed by atoms with E-state index in [-0.39, 0.29) is 0 Å². The second-order valence-corrected chi connectivity index (χ2v) is 5.58. The van der Waals surface area contributed by atoms with Crippen molar-refractivity contribution in [3.63, 3.8) is 0 Å². The monoisotopic (exact) mass is 269 g/mol. The normalized spacial score (nSPS) is 11.6. The maximum absolute atomic E-state index is 2.25. The van der Waals surface area contributed by atoms with Crippen molar-refractivity contribution in [3.05, 3.63) is 66.3 Å². The smallest absolute Gasteiger partial charge is 0.233 e. The molecule has 0 radical (unpaired) electrons. The Labute approximate surface area is 122 Å². The Balaban J connectivity index is 2.02. The molecule has 0 aliphatic heterocycles. The number of allylic oxidation sites excluding steroid dienone is 2. The summed E-state index contributed by atoms with van der Waals surface area (Å²) in [4.78, 5) is 0. The van der Waals surface area contributed by atoms with Gasteiger partial charge in [0, 0.05) is 0 Å². The first-order valence-corrected chi connectivity index (χ1v) is 7.47. The summed E-state index contributed by atoms with van der Waals surface area (Å²) >= 11 is 0. The molecule has 106 valence electrons. The van der Waals surface area contributed by atoms with Gasteiger partial charge in [0.2, 0.25) is 6.33 Å². The van der Waals surface area contributed by atoms with Crippen LogP contribution in [0.15, 0.2) is 55.1 Å². The molecule has 0 fully saturated rings. The molecule has 0 N–H and O–H groups in total. The van der Waals surface area contributed by atoms with Crippen molar-refractivity contribution in [1.82, 2.24) is 4.57 Å². The van der Waals surface area contributed by atoms with E-state index in [1.807, 2.05) is 0 Å². The summed E-state index contributed by atoms with van der Waals surface area (Å²) in [6, 6.07) is 8.69. The number of nitrogens with zero attached hydrogens (tertiary/aromatic N) is 2. The summed E-state index contributed by atoms with van der Waals surface area (Å²) in [5, 5.41) is 0. The van der Waals surface area contributed by atoms with Gasteiger partial charge in [-0.05, 0) is 29.5 Å². The number of rotatable bonds is 6. The summed E-state index contributed by atoms with van der Waals surface area (Å²) in [7, 11) is 0. The van der Waals surface area contributed by atoms with Crippen LogP contribution in [0.2, 0.25) is 0 Å². The van der Waals surface area contributed by atoms with E-state index in [1.54, 1.807) is 0 Å². The molecule has 1 heterocycles. The molecule has 2 rings (SSSR count). The molecule has 20 heavy (non-hydrogen) atoms. The fourth-order valence-electron chi connectivity index (χ4n) is 2.35. The Morgan fingerprint density at radius 2 is 1.95 bits per heavy atom. The van der Waals surface area contributed by atoms with Crippen LogP contribution in [0, 0.1) is 5.92 Å². The number of hydrogen-bond acceptors (Lipinski definition) is 0. The van der Waals surface area contributed by atoms with Crippen molar-refractivity contribution in [2.75, 3.05) is 0 Å². The van der Waals surface area contributed by atoms with Gasteiger partial charge in [0.05, 0.1) is 0 Å². The Morgan fingerprint density at radius 3 is 2.65 bits per heavy atom. The third kappa shape index (κ3) is 4.09. The lowest BCUT2D eigenvalue weighted by molar-refractivity contribution is -0.687. The zero-order valence-corrected chi connectivity index (χ0v) is 12.8. The van der Waals surface area contributed by atoms with E-state index >= 15 is 0 Å². The van der Waals surface area contributed by atoms with Crippen molar-refractivity contribution in [2.45, 2.75) is 40.3 Å². The predicted molar refractivity (Wildman–Crippen MR) is 83.5 cm³/mol. The molecular formula is C18H25N2+. The number of benzene rings is 1. The molecule has 0 saturated heterocycles. The van der Waals surface area contributed by atoms with E-state index < -0.39 is 0 Å². The van der Waals surface area contributed by atoms with Gasteiger partial charge in [-0.3, -0.25) is 0 Å². The fraction of sp³-hybridized carbons (Fsp3) is 0.389. The highest BCUT2D eigenvalue weighted by atomic mass is 15.1. The largest absolute Gasteiger partial charge is 0.244 e. The predicted octanol–water partition coefficient (Wildman–Crippen LogP) is 3.60. The number of hydrogen-bond donors (Lipinski definition) is 0. The lowest BCUT2D eigenvalue weighted by Crippen LogP contribution is -2.32. The minimum Gasteiger partial charge on any atom is -0.233 e. The van der Waals surface area contributed by atoms with Crippen LogP contribution in [0.5, 0.6) is 0 Å². The topological polar surface area (TPSA) is 8.81 Å². The molecule has 2 heteroatoms. The van der Waals surface area contributed by atoms with Gasteiger partial charge in [0.15, 0.2) is 0 Å². The molecule has 0 aliphatic rings. The molecule has 2 aromatic rings. The Bertz CT molecular complexity index is 564. The minimum atomic E-state index is 0.620. The second-order valence-electron chi connectivity index (χ2n) is 5.58. The van der Waals surface area contributed by atoms with Gasteiger partial charge in [-0.2, -0.15) is 0 Å². The summed E-state index contributed by atoms with van der Waals surface area (Å²) in [5.41, 5.74) is 2.85. The number of imidazole rings is 1. The van der Waals surface area contributed by atoms with Crippen molar-refractivity contribution in [1.29, 1.82) is 0 Å². The van der Waals surface area contributed by atoms with Crippen LogP contribution in [-0.4, -0.2) is 4.57 Å². The Hall–Kier alpha value is -1.83. The number of aryl methyl sites for hydroxylation is 1. The zero-order chi connectivity index (χ0) is 14.4. The third-order valence-electron chi connectivity index (χ3n) is 3.44. The highest BCUT2D eigenvalue weighted by Crippen LogP contribution is 2.08. The molecule has 1 aromatic heterocycles. The molecule has 0 aliphatic carbocycles. The van der Waals surface area contributed by atoms with Crippen LogP contribution in [0.3, 0.4) is 0 Å². The molecule has 2 nitrogen and oxygen atoms in total. The average molecular weight is 269 g/mol. The second kappa shape index (κ2) is 7.09. The lowest BCUT2D eigenvalue weighted by atomic mass is 10.1. The van der Waals surface area contributed by atoms with E-state index in [0.717, 1.165) is 19.5 Å². The van der Waals surface area contributed by atoms with E-state index in [4.69, 9.17) is 0 Å².